The van der Waals surface area contributed by atoms with Gasteiger partial charge in [0.2, 0.25) is 5.62 Å². The van der Waals surface area contributed by atoms with Crippen molar-refractivity contribution in [2.75, 3.05) is 0 Å². The van der Waals surface area contributed by atoms with Gasteiger partial charge in [0.1, 0.15) is 5.75 Å². The van der Waals surface area contributed by atoms with Crippen molar-refractivity contribution < 1.29 is 9.84 Å². The topological polar surface area (TPSA) is 51.7 Å². The summed E-state index contributed by atoms with van der Waals surface area (Å²) < 4.78 is 9.87. The maximum absolute atomic E-state index is 9.34. The molecule has 1 aromatic heterocycles. The van der Waals surface area contributed by atoms with Crippen LogP contribution in [0.2, 0.25) is 10.0 Å². The van der Waals surface area contributed by atoms with E-state index in [1.807, 2.05) is 86.1 Å². The van der Waals surface area contributed by atoms with Gasteiger partial charge in [-0.1, -0.05) is 47.5 Å². The SMILES string of the molecule is CC(C)Oc1ccc(/N=c2/n(C)c3cc(Cl)c(Cl)cc3n2Cc2ccc(CO)cc2)cc1. The molecular formula is C25H25Cl2N3O2. The summed E-state index contributed by atoms with van der Waals surface area (Å²) in [7, 11) is 1.97. The molecule has 0 bridgehead atoms. The molecule has 0 radical (unpaired) electrons. The number of aromatic nitrogens is 2. The molecule has 0 saturated carbocycles. The number of nitrogens with zero attached hydrogens (tertiary/aromatic N) is 3. The van der Waals surface area contributed by atoms with Gasteiger partial charge in [-0.15, -0.1) is 0 Å². The Kier molecular flexibility index (Phi) is 6.60. The minimum absolute atomic E-state index is 0.0207. The number of aryl methyl sites for hydroxylation is 1. The van der Waals surface area contributed by atoms with E-state index in [9.17, 15) is 5.11 Å². The molecule has 4 aromatic rings. The first-order valence-corrected chi connectivity index (χ1v) is 11.2. The number of ether oxygens (including phenoxy) is 1. The predicted octanol–water partition coefficient (Wildman–Crippen LogP) is 5.85. The van der Waals surface area contributed by atoms with Crippen molar-refractivity contribution in [1.82, 2.24) is 9.13 Å². The Morgan fingerprint density at radius 2 is 1.50 bits per heavy atom. The number of imidazole rings is 1. The number of rotatable bonds is 6. The molecule has 3 aromatic carbocycles. The summed E-state index contributed by atoms with van der Waals surface area (Å²) in [6.45, 7) is 4.61. The van der Waals surface area contributed by atoms with Gasteiger partial charge in [0.05, 0.1) is 46.0 Å². The van der Waals surface area contributed by atoms with Crippen LogP contribution in [0.15, 0.2) is 65.7 Å². The van der Waals surface area contributed by atoms with E-state index in [0.717, 1.165) is 39.2 Å². The van der Waals surface area contributed by atoms with Gasteiger partial charge >= 0.3 is 0 Å². The van der Waals surface area contributed by atoms with E-state index >= 15 is 0 Å². The second-order valence-electron chi connectivity index (χ2n) is 7.95. The lowest BCUT2D eigenvalue weighted by molar-refractivity contribution is 0.242. The first-order chi connectivity index (χ1) is 15.4. The van der Waals surface area contributed by atoms with E-state index in [4.69, 9.17) is 32.9 Å². The van der Waals surface area contributed by atoms with Gasteiger partial charge in [-0.05, 0) is 61.4 Å². The smallest absolute Gasteiger partial charge is 0.211 e. The van der Waals surface area contributed by atoms with Crippen LogP contribution in [0.4, 0.5) is 5.69 Å². The Labute approximate surface area is 197 Å². The molecule has 7 heteroatoms. The molecule has 5 nitrogen and oxygen atoms in total. The molecule has 0 unspecified atom stereocenters. The third-order valence-electron chi connectivity index (χ3n) is 5.19. The highest BCUT2D eigenvalue weighted by Gasteiger charge is 2.13. The Morgan fingerprint density at radius 3 is 2.09 bits per heavy atom. The van der Waals surface area contributed by atoms with Gasteiger partial charge in [0.15, 0.2) is 0 Å². The standard InChI is InChI=1S/C25H25Cl2N3O2/c1-16(2)32-20-10-8-19(9-11-20)28-25-29(3)23-12-21(26)22(27)13-24(23)30(25)14-17-4-6-18(15-31)7-5-17/h4-13,16,31H,14-15H2,1-3H3/b28-25-. The van der Waals surface area contributed by atoms with Gasteiger partial charge in [0.25, 0.3) is 0 Å². The van der Waals surface area contributed by atoms with Gasteiger partial charge in [-0.25, -0.2) is 4.99 Å². The first kappa shape index (κ1) is 22.5. The summed E-state index contributed by atoms with van der Waals surface area (Å²) in [5.74, 6) is 0.811. The molecule has 0 spiro atoms. The van der Waals surface area contributed by atoms with Gasteiger partial charge < -0.3 is 19.0 Å². The number of hydrogen-bond acceptors (Lipinski definition) is 3. The Hall–Kier alpha value is -2.73. The molecule has 0 saturated heterocycles. The predicted molar refractivity (Wildman–Crippen MR) is 130 cm³/mol. The zero-order valence-electron chi connectivity index (χ0n) is 18.2. The summed E-state index contributed by atoms with van der Waals surface area (Å²) in [5.41, 5.74) is 5.41. The van der Waals surface area contributed by atoms with Gasteiger partial charge in [-0.2, -0.15) is 0 Å². The number of hydrogen-bond donors (Lipinski definition) is 1. The summed E-state index contributed by atoms with van der Waals surface area (Å²) in [4.78, 5) is 4.93. The second kappa shape index (κ2) is 9.41. The molecule has 1 N–H and O–H groups in total. The number of fused-ring (bicyclic) bond motifs is 1. The fourth-order valence-corrected chi connectivity index (χ4v) is 3.93. The Balaban J connectivity index is 1.85. The quantitative estimate of drug-likeness (QED) is 0.385. The van der Waals surface area contributed by atoms with Crippen molar-refractivity contribution in [3.63, 3.8) is 0 Å². The molecule has 4 rings (SSSR count). The normalized spacial score (nSPS) is 12.2. The van der Waals surface area contributed by atoms with Crippen molar-refractivity contribution in [2.24, 2.45) is 12.0 Å². The maximum atomic E-state index is 9.34. The molecule has 0 aliphatic carbocycles. The summed E-state index contributed by atoms with van der Waals surface area (Å²) >= 11 is 12.7. The molecule has 32 heavy (non-hydrogen) atoms. The van der Waals surface area contributed by atoms with E-state index in [2.05, 4.69) is 4.57 Å². The van der Waals surface area contributed by atoms with E-state index < -0.39 is 0 Å². The summed E-state index contributed by atoms with van der Waals surface area (Å²) in [6.07, 6.45) is 0.116. The molecule has 0 fully saturated rings. The lowest BCUT2D eigenvalue weighted by Crippen LogP contribution is -2.24. The lowest BCUT2D eigenvalue weighted by atomic mass is 10.1. The third kappa shape index (κ3) is 4.70. The van der Waals surface area contributed by atoms with Gasteiger partial charge in [-0.3, -0.25) is 0 Å². The van der Waals surface area contributed by atoms with Crippen LogP contribution >= 0.6 is 23.2 Å². The number of aliphatic hydroxyl groups is 1. The highest BCUT2D eigenvalue weighted by atomic mass is 35.5. The van der Waals surface area contributed by atoms with Crippen LogP contribution in [0.25, 0.3) is 11.0 Å². The van der Waals surface area contributed by atoms with E-state index in [1.165, 1.54) is 0 Å². The van der Waals surface area contributed by atoms with Crippen LogP contribution in [-0.2, 0) is 20.2 Å². The zero-order chi connectivity index (χ0) is 22.8. The summed E-state index contributed by atoms with van der Waals surface area (Å²) in [5, 5.41) is 10.3. The van der Waals surface area contributed by atoms with Crippen molar-refractivity contribution in [2.45, 2.75) is 33.1 Å². The third-order valence-corrected chi connectivity index (χ3v) is 5.92. The van der Waals surface area contributed by atoms with Crippen LogP contribution in [0.5, 0.6) is 5.75 Å². The van der Waals surface area contributed by atoms with Crippen molar-refractivity contribution in [1.29, 1.82) is 0 Å². The van der Waals surface area contributed by atoms with Crippen molar-refractivity contribution in [3.8, 4) is 5.75 Å². The van der Waals surface area contributed by atoms with E-state index in [0.29, 0.717) is 16.6 Å². The summed E-state index contributed by atoms with van der Waals surface area (Å²) in [6, 6.07) is 19.3. The monoisotopic (exact) mass is 469 g/mol. The van der Waals surface area contributed by atoms with E-state index in [1.54, 1.807) is 0 Å². The molecule has 166 valence electrons. The minimum Gasteiger partial charge on any atom is -0.491 e. The molecular weight excluding hydrogens is 445 g/mol. The van der Waals surface area contributed by atoms with E-state index in [-0.39, 0.29) is 12.7 Å². The highest BCUT2D eigenvalue weighted by Crippen LogP contribution is 2.28. The maximum Gasteiger partial charge on any atom is 0.211 e. The molecule has 0 amide bonds. The lowest BCUT2D eigenvalue weighted by Gasteiger charge is -2.09. The number of aliphatic hydroxyl groups excluding tert-OH is 1. The van der Waals surface area contributed by atoms with Crippen LogP contribution in [-0.4, -0.2) is 20.3 Å². The van der Waals surface area contributed by atoms with Crippen molar-refractivity contribution in [3.05, 3.63) is 87.5 Å². The molecule has 0 aliphatic heterocycles. The number of halogens is 2. The average molecular weight is 470 g/mol. The fraction of sp³-hybridized carbons (Fsp3) is 0.240. The fourth-order valence-electron chi connectivity index (χ4n) is 3.62. The van der Waals surface area contributed by atoms with Crippen LogP contribution in [0, 0.1) is 0 Å². The number of benzene rings is 3. The minimum atomic E-state index is 0.0207. The highest BCUT2D eigenvalue weighted by molar-refractivity contribution is 6.42. The van der Waals surface area contributed by atoms with Crippen LogP contribution < -0.4 is 10.4 Å². The zero-order valence-corrected chi connectivity index (χ0v) is 19.7. The Morgan fingerprint density at radius 1 is 0.906 bits per heavy atom. The Bertz CT molecular complexity index is 1300. The average Bonchev–Trinajstić information content (AvgIpc) is 3.01. The van der Waals surface area contributed by atoms with Gasteiger partial charge in [0, 0.05) is 7.05 Å². The largest absolute Gasteiger partial charge is 0.491 e. The first-order valence-electron chi connectivity index (χ1n) is 10.4. The van der Waals surface area contributed by atoms with Crippen molar-refractivity contribution >= 4 is 39.9 Å². The molecule has 1 heterocycles. The molecule has 0 atom stereocenters. The second-order valence-corrected chi connectivity index (χ2v) is 8.76. The molecule has 0 aliphatic rings. The van der Waals surface area contributed by atoms with Crippen LogP contribution in [0.3, 0.4) is 0 Å². The van der Waals surface area contributed by atoms with Crippen LogP contribution in [0.1, 0.15) is 25.0 Å².